The van der Waals surface area contributed by atoms with E-state index < -0.39 is 5.44 Å². The molecular weight excluding hydrogens is 188 g/mol. The third kappa shape index (κ3) is 2.60. The largest absolute Gasteiger partial charge is 0.461 e. The zero-order valence-corrected chi connectivity index (χ0v) is 8.47. The van der Waals surface area contributed by atoms with Crippen LogP contribution in [0.15, 0.2) is 22.8 Å². The average molecular weight is 200 g/mol. The van der Waals surface area contributed by atoms with Crippen molar-refractivity contribution >= 4 is 17.5 Å². The number of ketones is 1. The van der Waals surface area contributed by atoms with Crippen molar-refractivity contribution in [2.45, 2.75) is 12.4 Å². The second-order valence-electron chi connectivity index (χ2n) is 2.36. The Kier molecular flexibility index (Phi) is 4.05. The van der Waals surface area contributed by atoms with Crippen LogP contribution >= 0.6 is 11.8 Å². The molecule has 1 aromatic heterocycles. The molecule has 0 bridgehead atoms. The molecule has 0 aromatic carbocycles. The van der Waals surface area contributed by atoms with Crippen LogP contribution in [0.3, 0.4) is 0 Å². The van der Waals surface area contributed by atoms with Gasteiger partial charge in [-0.2, -0.15) is 0 Å². The molecule has 0 N–H and O–H groups in total. The highest BCUT2D eigenvalue weighted by Crippen LogP contribution is 2.15. The van der Waals surface area contributed by atoms with Crippen LogP contribution in [0, 0.1) is 0 Å². The van der Waals surface area contributed by atoms with Crippen molar-refractivity contribution in [2.75, 3.05) is 12.9 Å². The van der Waals surface area contributed by atoms with Crippen molar-refractivity contribution < 1.29 is 13.9 Å². The Labute approximate surface area is 81.4 Å². The molecule has 0 radical (unpaired) electrons. The third-order valence-electron chi connectivity index (χ3n) is 1.51. The van der Waals surface area contributed by atoms with Crippen LogP contribution in [0.4, 0.5) is 0 Å². The van der Waals surface area contributed by atoms with Gasteiger partial charge in [0.25, 0.3) is 0 Å². The van der Waals surface area contributed by atoms with Crippen molar-refractivity contribution in [3.8, 4) is 0 Å². The highest BCUT2D eigenvalue weighted by atomic mass is 32.2. The smallest absolute Gasteiger partial charge is 0.236 e. The first kappa shape index (κ1) is 10.3. The maximum Gasteiger partial charge on any atom is 0.236 e. The van der Waals surface area contributed by atoms with Crippen LogP contribution in [0.5, 0.6) is 0 Å². The number of carbonyl (C=O) groups excluding carboxylic acids is 1. The SMILES string of the molecule is CCOC(SC)C(=O)c1ccco1. The van der Waals surface area contributed by atoms with Gasteiger partial charge in [0.1, 0.15) is 0 Å². The molecule has 0 saturated carbocycles. The summed E-state index contributed by atoms with van der Waals surface area (Å²) in [6.45, 7) is 2.39. The Bertz CT molecular complexity index is 256. The van der Waals surface area contributed by atoms with Crippen LogP contribution in [-0.2, 0) is 4.74 Å². The van der Waals surface area contributed by atoms with Crippen LogP contribution < -0.4 is 0 Å². The quantitative estimate of drug-likeness (QED) is 0.539. The lowest BCUT2D eigenvalue weighted by Crippen LogP contribution is -2.20. The zero-order valence-electron chi connectivity index (χ0n) is 7.65. The highest BCUT2D eigenvalue weighted by molar-refractivity contribution is 7.99. The number of ether oxygens (including phenoxy) is 1. The number of thioether (sulfide) groups is 1. The van der Waals surface area contributed by atoms with E-state index in [1.54, 1.807) is 12.1 Å². The van der Waals surface area contributed by atoms with Gasteiger partial charge in [-0.3, -0.25) is 4.79 Å². The summed E-state index contributed by atoms with van der Waals surface area (Å²) in [4.78, 5) is 11.6. The number of rotatable bonds is 5. The van der Waals surface area contributed by atoms with Crippen molar-refractivity contribution in [3.05, 3.63) is 24.2 Å². The molecule has 3 nitrogen and oxygen atoms in total. The fraction of sp³-hybridized carbons (Fsp3) is 0.444. The predicted molar refractivity (Wildman–Crippen MR) is 52.0 cm³/mol. The van der Waals surface area contributed by atoms with Gasteiger partial charge in [-0.25, -0.2) is 0 Å². The number of Topliss-reactive ketones (excluding diaryl/α,β-unsaturated/α-hetero) is 1. The van der Waals surface area contributed by atoms with Gasteiger partial charge >= 0.3 is 0 Å². The molecule has 0 amide bonds. The summed E-state index contributed by atoms with van der Waals surface area (Å²) in [7, 11) is 0. The van der Waals surface area contributed by atoms with Crippen LogP contribution in [-0.4, -0.2) is 24.1 Å². The topological polar surface area (TPSA) is 39.4 Å². The second-order valence-corrected chi connectivity index (χ2v) is 3.26. The fourth-order valence-electron chi connectivity index (χ4n) is 0.937. The van der Waals surface area contributed by atoms with E-state index in [4.69, 9.17) is 9.15 Å². The molecule has 0 aliphatic rings. The molecule has 0 spiro atoms. The molecule has 1 unspecified atom stereocenters. The zero-order chi connectivity index (χ0) is 9.68. The Balaban J connectivity index is 2.65. The first-order valence-corrected chi connectivity index (χ1v) is 5.30. The third-order valence-corrected chi connectivity index (χ3v) is 2.29. The fourth-order valence-corrected chi connectivity index (χ4v) is 1.54. The van der Waals surface area contributed by atoms with Crippen molar-refractivity contribution in [1.29, 1.82) is 0 Å². The standard InChI is InChI=1S/C9H12O3S/c1-3-11-9(13-2)8(10)7-5-4-6-12-7/h4-6,9H,3H2,1-2H3. The minimum atomic E-state index is -0.448. The predicted octanol–water partition coefficient (Wildman–Crippen LogP) is 2.19. The van der Waals surface area contributed by atoms with E-state index in [-0.39, 0.29) is 5.78 Å². The molecule has 4 heteroatoms. The van der Waals surface area contributed by atoms with Gasteiger partial charge in [0.05, 0.1) is 6.26 Å². The Hall–Kier alpha value is -0.740. The molecular formula is C9H12O3S. The monoisotopic (exact) mass is 200 g/mol. The molecule has 72 valence electrons. The number of furan rings is 1. The summed E-state index contributed by atoms with van der Waals surface area (Å²) in [6, 6.07) is 3.33. The highest BCUT2D eigenvalue weighted by Gasteiger charge is 2.20. The van der Waals surface area contributed by atoms with E-state index in [2.05, 4.69) is 0 Å². The molecule has 0 aliphatic heterocycles. The second kappa shape index (κ2) is 5.09. The molecule has 0 fully saturated rings. The Morgan fingerprint density at radius 1 is 1.77 bits per heavy atom. The lowest BCUT2D eigenvalue weighted by Gasteiger charge is -2.10. The van der Waals surface area contributed by atoms with Gasteiger partial charge in [0, 0.05) is 6.61 Å². The molecule has 1 heterocycles. The minimum absolute atomic E-state index is 0.112. The van der Waals surface area contributed by atoms with Gasteiger partial charge in [-0.1, -0.05) is 0 Å². The van der Waals surface area contributed by atoms with E-state index in [9.17, 15) is 4.79 Å². The van der Waals surface area contributed by atoms with Crippen LogP contribution in [0.25, 0.3) is 0 Å². The lowest BCUT2D eigenvalue weighted by molar-refractivity contribution is 0.0682. The Morgan fingerprint density at radius 3 is 3.00 bits per heavy atom. The average Bonchev–Trinajstić information content (AvgIpc) is 2.65. The summed E-state index contributed by atoms with van der Waals surface area (Å²) in [6.07, 6.45) is 3.32. The van der Waals surface area contributed by atoms with E-state index in [0.29, 0.717) is 12.4 Å². The summed E-state index contributed by atoms with van der Waals surface area (Å²) in [5, 5.41) is 0. The summed E-state index contributed by atoms with van der Waals surface area (Å²) in [5.41, 5.74) is -0.448. The molecule has 0 saturated heterocycles. The minimum Gasteiger partial charge on any atom is -0.461 e. The maximum absolute atomic E-state index is 11.6. The first-order valence-electron chi connectivity index (χ1n) is 4.01. The number of hydrogen-bond donors (Lipinski definition) is 0. The van der Waals surface area contributed by atoms with Crippen molar-refractivity contribution in [1.82, 2.24) is 0 Å². The van der Waals surface area contributed by atoms with E-state index in [1.165, 1.54) is 18.0 Å². The van der Waals surface area contributed by atoms with Crippen molar-refractivity contribution in [3.63, 3.8) is 0 Å². The van der Waals surface area contributed by atoms with Gasteiger partial charge in [-0.15, -0.1) is 11.8 Å². The van der Waals surface area contributed by atoms with Crippen LogP contribution in [0.1, 0.15) is 17.5 Å². The van der Waals surface area contributed by atoms with Gasteiger partial charge in [0.15, 0.2) is 11.2 Å². The van der Waals surface area contributed by atoms with Gasteiger partial charge in [0.2, 0.25) is 5.78 Å². The molecule has 1 rings (SSSR count). The molecule has 13 heavy (non-hydrogen) atoms. The van der Waals surface area contributed by atoms with Crippen molar-refractivity contribution in [2.24, 2.45) is 0 Å². The van der Waals surface area contributed by atoms with E-state index in [0.717, 1.165) is 0 Å². The number of hydrogen-bond acceptors (Lipinski definition) is 4. The summed E-state index contributed by atoms with van der Waals surface area (Å²) in [5.74, 6) is 0.243. The molecule has 1 atom stereocenters. The summed E-state index contributed by atoms with van der Waals surface area (Å²) >= 11 is 1.37. The van der Waals surface area contributed by atoms with Gasteiger partial charge < -0.3 is 9.15 Å². The Morgan fingerprint density at radius 2 is 2.54 bits per heavy atom. The summed E-state index contributed by atoms with van der Waals surface area (Å²) < 4.78 is 10.2. The van der Waals surface area contributed by atoms with Crippen LogP contribution in [0.2, 0.25) is 0 Å². The number of carbonyl (C=O) groups is 1. The van der Waals surface area contributed by atoms with E-state index >= 15 is 0 Å². The van der Waals surface area contributed by atoms with E-state index in [1.807, 2.05) is 13.2 Å². The van der Waals surface area contributed by atoms with Gasteiger partial charge in [-0.05, 0) is 25.3 Å². The maximum atomic E-state index is 11.6. The lowest BCUT2D eigenvalue weighted by atomic mass is 10.3. The molecule has 1 aromatic rings. The first-order chi connectivity index (χ1) is 6.29. The normalized spacial score (nSPS) is 12.8. The molecule has 0 aliphatic carbocycles.